The molecule has 3 rings (SSSR count). The van der Waals surface area contributed by atoms with Gasteiger partial charge < -0.3 is 5.32 Å². The molecule has 8 heteroatoms. The molecule has 0 saturated heterocycles. The van der Waals surface area contributed by atoms with Gasteiger partial charge in [0.2, 0.25) is 5.91 Å². The summed E-state index contributed by atoms with van der Waals surface area (Å²) in [5.74, 6) is 1.58. The van der Waals surface area contributed by atoms with E-state index in [1.807, 2.05) is 42.5 Å². The maximum atomic E-state index is 12.0. The molecule has 0 atom stereocenters. The van der Waals surface area contributed by atoms with Crippen LogP contribution in [0.1, 0.15) is 11.4 Å². The summed E-state index contributed by atoms with van der Waals surface area (Å²) in [5.41, 5.74) is 1.91. The van der Waals surface area contributed by atoms with Gasteiger partial charge in [0.1, 0.15) is 0 Å². The number of nitrogens with zero attached hydrogens (tertiary/aromatic N) is 4. The van der Waals surface area contributed by atoms with Gasteiger partial charge in [-0.3, -0.25) is 4.79 Å². The van der Waals surface area contributed by atoms with Crippen LogP contribution in [-0.2, 0) is 17.1 Å². The number of rotatable bonds is 7. The van der Waals surface area contributed by atoms with E-state index in [4.69, 9.17) is 11.6 Å². The van der Waals surface area contributed by atoms with E-state index < -0.39 is 0 Å². The lowest BCUT2D eigenvalue weighted by atomic mass is 10.2. The number of carbonyl (C=O) groups excluding carboxylic acids is 1. The van der Waals surface area contributed by atoms with E-state index in [1.165, 1.54) is 11.8 Å². The lowest BCUT2D eigenvalue weighted by Crippen LogP contribution is -2.24. The fourth-order valence-electron chi connectivity index (χ4n) is 2.15. The van der Waals surface area contributed by atoms with Gasteiger partial charge in [-0.15, -0.1) is 16.9 Å². The van der Waals surface area contributed by atoms with Crippen LogP contribution in [0.4, 0.5) is 0 Å². The van der Waals surface area contributed by atoms with Crippen LogP contribution in [0.2, 0.25) is 5.02 Å². The SMILES string of the molecule is O=C(CSCc1nnnn1-c1ccccc1)NCc1ccc(Cl)cc1. The normalized spacial score (nSPS) is 10.6. The number of amides is 1. The van der Waals surface area contributed by atoms with Crippen molar-refractivity contribution in [2.24, 2.45) is 0 Å². The third-order valence-electron chi connectivity index (χ3n) is 3.40. The molecule has 25 heavy (non-hydrogen) atoms. The zero-order valence-corrected chi connectivity index (χ0v) is 14.9. The second kappa shape index (κ2) is 8.64. The van der Waals surface area contributed by atoms with Gasteiger partial charge in [0.05, 0.1) is 17.2 Å². The summed E-state index contributed by atoms with van der Waals surface area (Å²) >= 11 is 7.31. The van der Waals surface area contributed by atoms with Crippen molar-refractivity contribution < 1.29 is 4.79 Å². The number of nitrogens with one attached hydrogen (secondary N) is 1. The highest BCUT2D eigenvalue weighted by molar-refractivity contribution is 7.99. The Morgan fingerprint density at radius 3 is 2.64 bits per heavy atom. The van der Waals surface area contributed by atoms with E-state index in [0.717, 1.165) is 11.3 Å². The quantitative estimate of drug-likeness (QED) is 0.689. The summed E-state index contributed by atoms with van der Waals surface area (Å²) in [6.07, 6.45) is 0. The third-order valence-corrected chi connectivity index (χ3v) is 4.58. The van der Waals surface area contributed by atoms with E-state index in [0.29, 0.717) is 28.9 Å². The second-order valence-corrected chi connectivity index (χ2v) is 6.66. The van der Waals surface area contributed by atoms with Gasteiger partial charge in [0.15, 0.2) is 5.82 Å². The molecule has 3 aromatic rings. The summed E-state index contributed by atoms with van der Waals surface area (Å²) in [4.78, 5) is 12.0. The van der Waals surface area contributed by atoms with Crippen LogP contribution >= 0.6 is 23.4 Å². The Morgan fingerprint density at radius 2 is 1.88 bits per heavy atom. The maximum absolute atomic E-state index is 12.0. The molecular formula is C17H16ClN5OS. The summed E-state index contributed by atoms with van der Waals surface area (Å²) in [5, 5.41) is 15.3. The van der Waals surface area contributed by atoms with Crippen molar-refractivity contribution >= 4 is 29.3 Å². The van der Waals surface area contributed by atoms with Gasteiger partial charge in [-0.2, -0.15) is 4.68 Å². The van der Waals surface area contributed by atoms with Crippen LogP contribution in [0.15, 0.2) is 54.6 Å². The van der Waals surface area contributed by atoms with Crippen molar-refractivity contribution in [2.45, 2.75) is 12.3 Å². The standard InChI is InChI=1S/C17H16ClN5OS/c18-14-8-6-13(7-9-14)10-19-17(24)12-25-11-16-20-21-22-23(16)15-4-2-1-3-5-15/h1-9H,10-12H2,(H,19,24). The Labute approximate surface area is 154 Å². The van der Waals surface area contributed by atoms with Crippen LogP contribution < -0.4 is 5.32 Å². The maximum Gasteiger partial charge on any atom is 0.230 e. The highest BCUT2D eigenvalue weighted by atomic mass is 35.5. The van der Waals surface area contributed by atoms with Crippen molar-refractivity contribution in [1.82, 2.24) is 25.5 Å². The van der Waals surface area contributed by atoms with Gasteiger partial charge in [-0.1, -0.05) is 41.9 Å². The lowest BCUT2D eigenvalue weighted by molar-refractivity contribution is -0.118. The predicted octanol–water partition coefficient (Wildman–Crippen LogP) is 2.87. The fourth-order valence-corrected chi connectivity index (χ4v) is 3.03. The van der Waals surface area contributed by atoms with Crippen LogP contribution in [0.5, 0.6) is 0 Å². The molecule has 0 saturated carbocycles. The summed E-state index contributed by atoms with van der Waals surface area (Å²) in [6, 6.07) is 17.1. The molecule has 0 unspecified atom stereocenters. The van der Waals surface area contributed by atoms with Crippen molar-refractivity contribution in [2.75, 3.05) is 5.75 Å². The van der Waals surface area contributed by atoms with Gasteiger partial charge in [0.25, 0.3) is 0 Å². The number of hydrogen-bond donors (Lipinski definition) is 1. The molecule has 1 N–H and O–H groups in total. The average molecular weight is 374 g/mol. The number of tetrazole rings is 1. The molecule has 6 nitrogen and oxygen atoms in total. The molecule has 0 radical (unpaired) electrons. The van der Waals surface area contributed by atoms with E-state index in [9.17, 15) is 4.79 Å². The number of thioether (sulfide) groups is 1. The van der Waals surface area contributed by atoms with E-state index >= 15 is 0 Å². The number of aromatic nitrogens is 4. The molecule has 0 aliphatic carbocycles. The molecule has 0 aliphatic rings. The Hall–Kier alpha value is -2.38. The highest BCUT2D eigenvalue weighted by Gasteiger charge is 2.09. The third kappa shape index (κ3) is 5.04. The lowest BCUT2D eigenvalue weighted by Gasteiger charge is -2.06. The number of halogens is 1. The Kier molecular flexibility index (Phi) is 6.03. The van der Waals surface area contributed by atoms with Gasteiger partial charge >= 0.3 is 0 Å². The fraction of sp³-hybridized carbons (Fsp3) is 0.176. The Balaban J connectivity index is 1.46. The van der Waals surface area contributed by atoms with Crippen molar-refractivity contribution in [3.63, 3.8) is 0 Å². The number of benzene rings is 2. The Morgan fingerprint density at radius 1 is 1.12 bits per heavy atom. The average Bonchev–Trinajstić information content (AvgIpc) is 3.10. The van der Waals surface area contributed by atoms with Crippen LogP contribution in [0.25, 0.3) is 5.69 Å². The van der Waals surface area contributed by atoms with Crippen molar-refractivity contribution in [1.29, 1.82) is 0 Å². The molecule has 1 heterocycles. The molecule has 0 fully saturated rings. The molecule has 1 amide bonds. The van der Waals surface area contributed by atoms with Crippen LogP contribution in [0.3, 0.4) is 0 Å². The summed E-state index contributed by atoms with van der Waals surface area (Å²) < 4.78 is 1.68. The first-order valence-corrected chi connectivity index (χ1v) is 9.17. The van der Waals surface area contributed by atoms with Crippen molar-refractivity contribution in [3.05, 3.63) is 71.0 Å². The van der Waals surface area contributed by atoms with Crippen LogP contribution in [0, 0.1) is 0 Å². The Bertz CT molecular complexity index is 823. The van der Waals surface area contributed by atoms with Gasteiger partial charge in [-0.05, 0) is 40.3 Å². The first kappa shape index (κ1) is 17.4. The topological polar surface area (TPSA) is 72.7 Å². The molecule has 1 aromatic heterocycles. The van der Waals surface area contributed by atoms with Gasteiger partial charge in [0, 0.05) is 11.6 Å². The van der Waals surface area contributed by atoms with Gasteiger partial charge in [-0.25, -0.2) is 0 Å². The molecular weight excluding hydrogens is 358 g/mol. The molecule has 0 aliphatic heterocycles. The largest absolute Gasteiger partial charge is 0.351 e. The molecule has 0 bridgehead atoms. The molecule has 128 valence electrons. The zero-order valence-electron chi connectivity index (χ0n) is 13.3. The minimum Gasteiger partial charge on any atom is -0.351 e. The predicted molar refractivity (Wildman–Crippen MR) is 98.6 cm³/mol. The van der Waals surface area contributed by atoms with E-state index in [-0.39, 0.29) is 5.91 Å². The van der Waals surface area contributed by atoms with E-state index in [1.54, 1.807) is 16.8 Å². The minimum absolute atomic E-state index is 0.0290. The van der Waals surface area contributed by atoms with Crippen LogP contribution in [-0.4, -0.2) is 31.9 Å². The smallest absolute Gasteiger partial charge is 0.230 e. The monoisotopic (exact) mass is 373 g/mol. The first-order valence-electron chi connectivity index (χ1n) is 7.64. The minimum atomic E-state index is -0.0290. The number of para-hydroxylation sites is 1. The first-order chi connectivity index (χ1) is 12.2. The summed E-state index contributed by atoms with van der Waals surface area (Å²) in [7, 11) is 0. The zero-order chi connectivity index (χ0) is 17.5. The summed E-state index contributed by atoms with van der Waals surface area (Å²) in [6.45, 7) is 0.484. The van der Waals surface area contributed by atoms with E-state index in [2.05, 4.69) is 20.8 Å². The molecule has 0 spiro atoms. The highest BCUT2D eigenvalue weighted by Crippen LogP contribution is 2.13. The number of carbonyl (C=O) groups is 1. The second-order valence-electron chi connectivity index (χ2n) is 5.24. The molecule has 2 aromatic carbocycles. The van der Waals surface area contributed by atoms with Crippen molar-refractivity contribution in [3.8, 4) is 5.69 Å². The number of hydrogen-bond acceptors (Lipinski definition) is 5.